The molecule has 0 amide bonds. The summed E-state index contributed by atoms with van der Waals surface area (Å²) in [6, 6.07) is 8.39. The Labute approximate surface area is 124 Å². The molecule has 1 aromatic heterocycles. The Bertz CT molecular complexity index is 569. The molecule has 2 N–H and O–H groups in total. The number of rotatable bonds is 4. The third-order valence-electron chi connectivity index (χ3n) is 3.86. The number of tetrazole rings is 1. The van der Waals surface area contributed by atoms with Crippen LogP contribution in [0.25, 0.3) is 5.69 Å². The fourth-order valence-corrected chi connectivity index (χ4v) is 2.56. The standard InChI is InChI=1S/C14H21N7/c1-19-8-10-20(11-9-19)12-2-4-13(5-3-12)21-14(6-7-15)16-17-18-21/h2-5H,6-11,15H2,1H3. The first-order chi connectivity index (χ1) is 10.3. The highest BCUT2D eigenvalue weighted by atomic mass is 15.5. The lowest BCUT2D eigenvalue weighted by molar-refractivity contribution is 0.313. The molecule has 1 fully saturated rings. The second kappa shape index (κ2) is 6.19. The second-order valence-electron chi connectivity index (χ2n) is 5.35. The maximum absolute atomic E-state index is 5.58. The minimum absolute atomic E-state index is 0.541. The van der Waals surface area contributed by atoms with Gasteiger partial charge in [0, 0.05) is 38.3 Å². The van der Waals surface area contributed by atoms with Crippen molar-refractivity contribution in [2.24, 2.45) is 5.73 Å². The van der Waals surface area contributed by atoms with Crippen molar-refractivity contribution >= 4 is 5.69 Å². The Morgan fingerprint density at radius 1 is 1.05 bits per heavy atom. The van der Waals surface area contributed by atoms with Gasteiger partial charge in [0.05, 0.1) is 5.69 Å². The van der Waals surface area contributed by atoms with E-state index in [1.807, 2.05) is 0 Å². The van der Waals surface area contributed by atoms with Gasteiger partial charge in [-0.15, -0.1) is 5.10 Å². The number of hydrogen-bond donors (Lipinski definition) is 1. The molecule has 2 aromatic rings. The molecule has 21 heavy (non-hydrogen) atoms. The molecule has 3 rings (SSSR count). The summed E-state index contributed by atoms with van der Waals surface area (Å²) in [6.07, 6.45) is 0.674. The van der Waals surface area contributed by atoms with Crippen LogP contribution in [0.4, 0.5) is 5.69 Å². The Hall–Kier alpha value is -1.99. The molecular formula is C14H21N7. The molecule has 1 aliphatic heterocycles. The molecule has 0 radical (unpaired) electrons. The van der Waals surface area contributed by atoms with Crippen molar-refractivity contribution in [2.75, 3.05) is 44.7 Å². The summed E-state index contributed by atoms with van der Waals surface area (Å²) in [4.78, 5) is 4.76. The van der Waals surface area contributed by atoms with Gasteiger partial charge >= 0.3 is 0 Å². The smallest absolute Gasteiger partial charge is 0.157 e. The summed E-state index contributed by atoms with van der Waals surface area (Å²) in [6.45, 7) is 4.89. The van der Waals surface area contributed by atoms with Gasteiger partial charge in [0.15, 0.2) is 5.82 Å². The van der Waals surface area contributed by atoms with Gasteiger partial charge in [-0.1, -0.05) is 0 Å². The van der Waals surface area contributed by atoms with E-state index in [9.17, 15) is 0 Å². The molecule has 1 saturated heterocycles. The van der Waals surface area contributed by atoms with Crippen molar-refractivity contribution in [3.05, 3.63) is 30.1 Å². The molecule has 0 spiro atoms. The van der Waals surface area contributed by atoms with E-state index in [0.29, 0.717) is 13.0 Å². The quantitative estimate of drug-likeness (QED) is 0.847. The molecule has 1 aromatic carbocycles. The first kappa shape index (κ1) is 14.0. The fraction of sp³-hybridized carbons (Fsp3) is 0.500. The summed E-state index contributed by atoms with van der Waals surface area (Å²) in [5, 5.41) is 11.8. The number of nitrogens with zero attached hydrogens (tertiary/aromatic N) is 6. The predicted octanol–water partition coefficient (Wildman–Crippen LogP) is -0.0847. The van der Waals surface area contributed by atoms with E-state index >= 15 is 0 Å². The van der Waals surface area contributed by atoms with Crippen molar-refractivity contribution in [1.29, 1.82) is 0 Å². The van der Waals surface area contributed by atoms with Gasteiger partial charge in [0.1, 0.15) is 0 Å². The Morgan fingerprint density at radius 2 is 1.71 bits per heavy atom. The van der Waals surface area contributed by atoms with Gasteiger partial charge in [-0.2, -0.15) is 4.68 Å². The minimum atomic E-state index is 0.541. The summed E-state index contributed by atoms with van der Waals surface area (Å²) in [5.41, 5.74) is 7.80. The number of likely N-dealkylation sites (N-methyl/N-ethyl adjacent to an activating group) is 1. The Morgan fingerprint density at radius 3 is 2.38 bits per heavy atom. The number of piperazine rings is 1. The number of nitrogens with two attached hydrogens (primary N) is 1. The van der Waals surface area contributed by atoms with Crippen LogP contribution in [0.1, 0.15) is 5.82 Å². The van der Waals surface area contributed by atoms with Crippen molar-refractivity contribution in [2.45, 2.75) is 6.42 Å². The summed E-state index contributed by atoms with van der Waals surface area (Å²) >= 11 is 0. The summed E-state index contributed by atoms with van der Waals surface area (Å²) in [5.74, 6) is 0.796. The lowest BCUT2D eigenvalue weighted by Crippen LogP contribution is -2.44. The molecule has 7 nitrogen and oxygen atoms in total. The van der Waals surface area contributed by atoms with Gasteiger partial charge in [-0.3, -0.25) is 0 Å². The maximum Gasteiger partial charge on any atom is 0.157 e. The van der Waals surface area contributed by atoms with Crippen molar-refractivity contribution in [3.8, 4) is 5.69 Å². The third kappa shape index (κ3) is 3.03. The zero-order valence-corrected chi connectivity index (χ0v) is 12.3. The lowest BCUT2D eigenvalue weighted by atomic mass is 10.2. The lowest BCUT2D eigenvalue weighted by Gasteiger charge is -2.34. The van der Waals surface area contributed by atoms with E-state index in [-0.39, 0.29) is 0 Å². The molecule has 0 unspecified atom stereocenters. The number of hydrogen-bond acceptors (Lipinski definition) is 6. The van der Waals surface area contributed by atoms with Gasteiger partial charge in [-0.05, 0) is 48.3 Å². The maximum atomic E-state index is 5.58. The van der Waals surface area contributed by atoms with Crippen LogP contribution in [0.2, 0.25) is 0 Å². The molecule has 0 saturated carbocycles. The topological polar surface area (TPSA) is 76.1 Å². The molecule has 112 valence electrons. The van der Waals surface area contributed by atoms with E-state index in [2.05, 4.69) is 56.6 Å². The predicted molar refractivity (Wildman–Crippen MR) is 81.6 cm³/mol. The summed E-state index contributed by atoms with van der Waals surface area (Å²) in [7, 11) is 2.16. The zero-order valence-electron chi connectivity index (χ0n) is 12.3. The fourth-order valence-electron chi connectivity index (χ4n) is 2.56. The van der Waals surface area contributed by atoms with Crippen LogP contribution >= 0.6 is 0 Å². The van der Waals surface area contributed by atoms with Gasteiger partial charge < -0.3 is 15.5 Å². The van der Waals surface area contributed by atoms with E-state index < -0.39 is 0 Å². The van der Waals surface area contributed by atoms with Crippen LogP contribution in [-0.2, 0) is 6.42 Å². The molecule has 1 aliphatic rings. The van der Waals surface area contributed by atoms with Crippen molar-refractivity contribution in [1.82, 2.24) is 25.1 Å². The average Bonchev–Trinajstić information content (AvgIpc) is 2.97. The molecule has 0 aliphatic carbocycles. The largest absolute Gasteiger partial charge is 0.369 e. The van der Waals surface area contributed by atoms with Crippen LogP contribution in [0.3, 0.4) is 0 Å². The van der Waals surface area contributed by atoms with Gasteiger partial charge in [0.25, 0.3) is 0 Å². The first-order valence-electron chi connectivity index (χ1n) is 7.29. The third-order valence-corrected chi connectivity index (χ3v) is 3.86. The van der Waals surface area contributed by atoms with Crippen LogP contribution in [0.5, 0.6) is 0 Å². The monoisotopic (exact) mass is 287 g/mol. The average molecular weight is 287 g/mol. The molecule has 0 bridgehead atoms. The molecule has 2 heterocycles. The van der Waals surface area contributed by atoms with Crippen LogP contribution in [0.15, 0.2) is 24.3 Å². The number of benzene rings is 1. The highest BCUT2D eigenvalue weighted by Crippen LogP contribution is 2.19. The van der Waals surface area contributed by atoms with Crippen LogP contribution < -0.4 is 10.6 Å². The van der Waals surface area contributed by atoms with Gasteiger partial charge in [0.2, 0.25) is 0 Å². The summed E-state index contributed by atoms with van der Waals surface area (Å²) < 4.78 is 1.75. The highest BCUT2D eigenvalue weighted by Gasteiger charge is 2.14. The molecular weight excluding hydrogens is 266 g/mol. The van der Waals surface area contributed by atoms with Crippen molar-refractivity contribution in [3.63, 3.8) is 0 Å². The van der Waals surface area contributed by atoms with E-state index in [0.717, 1.165) is 37.7 Å². The van der Waals surface area contributed by atoms with Crippen molar-refractivity contribution < 1.29 is 0 Å². The van der Waals surface area contributed by atoms with Crippen LogP contribution in [0, 0.1) is 0 Å². The Kier molecular flexibility index (Phi) is 4.12. The van der Waals surface area contributed by atoms with E-state index in [1.54, 1.807) is 4.68 Å². The Balaban J connectivity index is 1.76. The van der Waals surface area contributed by atoms with E-state index in [1.165, 1.54) is 5.69 Å². The van der Waals surface area contributed by atoms with E-state index in [4.69, 9.17) is 5.73 Å². The normalized spacial score (nSPS) is 16.4. The molecule has 0 atom stereocenters. The van der Waals surface area contributed by atoms with Crippen LogP contribution in [-0.4, -0.2) is 64.9 Å². The second-order valence-corrected chi connectivity index (χ2v) is 5.35. The molecule has 7 heteroatoms. The SMILES string of the molecule is CN1CCN(c2ccc(-n3nnnc3CCN)cc2)CC1. The number of aromatic nitrogens is 4. The minimum Gasteiger partial charge on any atom is -0.369 e. The first-order valence-corrected chi connectivity index (χ1v) is 7.29. The number of anilines is 1. The van der Waals surface area contributed by atoms with Gasteiger partial charge in [-0.25, -0.2) is 0 Å². The zero-order chi connectivity index (χ0) is 14.7. The highest BCUT2D eigenvalue weighted by molar-refractivity contribution is 5.51.